The second-order valence-corrected chi connectivity index (χ2v) is 5.98. The van der Waals surface area contributed by atoms with Crippen molar-refractivity contribution in [3.63, 3.8) is 0 Å². The first-order chi connectivity index (χ1) is 12.0. The van der Waals surface area contributed by atoms with E-state index in [1.54, 1.807) is 25.5 Å². The SMILES string of the molecule is CC(OC(=O)CN(C)c1ncccn1)C(=O)NC(=O)NC1CCCC1. The topological polar surface area (TPSA) is 114 Å². The Hall–Kier alpha value is -2.71. The van der Waals surface area contributed by atoms with E-state index in [0.717, 1.165) is 25.7 Å². The van der Waals surface area contributed by atoms with Crippen LogP contribution in [0.1, 0.15) is 32.6 Å². The predicted octanol–water partition coefficient (Wildman–Crippen LogP) is 0.613. The van der Waals surface area contributed by atoms with Crippen molar-refractivity contribution < 1.29 is 19.1 Å². The zero-order valence-corrected chi connectivity index (χ0v) is 14.4. The van der Waals surface area contributed by atoms with Crippen LogP contribution in [0.2, 0.25) is 0 Å². The fourth-order valence-electron chi connectivity index (χ4n) is 2.55. The molecule has 0 spiro atoms. The van der Waals surface area contributed by atoms with E-state index in [1.807, 2.05) is 0 Å². The Morgan fingerprint density at radius 2 is 1.92 bits per heavy atom. The van der Waals surface area contributed by atoms with E-state index in [0.29, 0.717) is 5.95 Å². The number of urea groups is 1. The Morgan fingerprint density at radius 3 is 2.56 bits per heavy atom. The Balaban J connectivity index is 1.73. The molecule has 1 aliphatic rings. The Labute approximate surface area is 146 Å². The summed E-state index contributed by atoms with van der Waals surface area (Å²) in [5.74, 6) is -0.913. The van der Waals surface area contributed by atoms with Gasteiger partial charge in [0.25, 0.3) is 5.91 Å². The van der Waals surface area contributed by atoms with Crippen LogP contribution in [0.25, 0.3) is 0 Å². The number of hydrogen-bond acceptors (Lipinski definition) is 7. The van der Waals surface area contributed by atoms with Crippen molar-refractivity contribution >= 4 is 23.9 Å². The number of nitrogens with one attached hydrogen (secondary N) is 2. The van der Waals surface area contributed by atoms with E-state index < -0.39 is 24.0 Å². The lowest BCUT2D eigenvalue weighted by atomic mass is 10.2. The summed E-state index contributed by atoms with van der Waals surface area (Å²) < 4.78 is 5.05. The van der Waals surface area contributed by atoms with Crippen molar-refractivity contribution in [2.24, 2.45) is 0 Å². The number of imide groups is 1. The van der Waals surface area contributed by atoms with Crippen molar-refractivity contribution in [2.45, 2.75) is 44.8 Å². The maximum Gasteiger partial charge on any atom is 0.326 e. The molecule has 1 aromatic rings. The molecule has 1 saturated carbocycles. The Kier molecular flexibility index (Phi) is 6.67. The van der Waals surface area contributed by atoms with Gasteiger partial charge in [-0.05, 0) is 25.8 Å². The van der Waals surface area contributed by atoms with E-state index in [1.165, 1.54) is 11.8 Å². The van der Waals surface area contributed by atoms with Crippen LogP contribution < -0.4 is 15.5 Å². The molecule has 9 nitrogen and oxygen atoms in total. The van der Waals surface area contributed by atoms with Gasteiger partial charge in [0, 0.05) is 25.5 Å². The highest BCUT2D eigenvalue weighted by Gasteiger charge is 2.23. The van der Waals surface area contributed by atoms with Crippen LogP contribution in [0.5, 0.6) is 0 Å². The van der Waals surface area contributed by atoms with Crippen molar-refractivity contribution in [2.75, 3.05) is 18.5 Å². The van der Waals surface area contributed by atoms with Gasteiger partial charge >= 0.3 is 12.0 Å². The number of likely N-dealkylation sites (N-methyl/N-ethyl adjacent to an activating group) is 1. The first-order valence-corrected chi connectivity index (χ1v) is 8.24. The largest absolute Gasteiger partial charge is 0.451 e. The molecule has 9 heteroatoms. The van der Waals surface area contributed by atoms with Gasteiger partial charge in [-0.25, -0.2) is 14.8 Å². The van der Waals surface area contributed by atoms with Crippen LogP contribution in [0, 0.1) is 0 Å². The first-order valence-electron chi connectivity index (χ1n) is 8.24. The number of ether oxygens (including phenoxy) is 1. The minimum atomic E-state index is -1.08. The predicted molar refractivity (Wildman–Crippen MR) is 89.8 cm³/mol. The quantitative estimate of drug-likeness (QED) is 0.723. The van der Waals surface area contributed by atoms with Gasteiger partial charge in [-0.15, -0.1) is 0 Å². The second kappa shape index (κ2) is 8.95. The number of carbonyl (C=O) groups excluding carboxylic acids is 3. The summed E-state index contributed by atoms with van der Waals surface area (Å²) >= 11 is 0. The molecule has 2 N–H and O–H groups in total. The lowest BCUT2D eigenvalue weighted by Gasteiger charge is -2.18. The van der Waals surface area contributed by atoms with Crippen molar-refractivity contribution in [3.8, 4) is 0 Å². The molecule has 1 atom stereocenters. The fraction of sp³-hybridized carbons (Fsp3) is 0.562. The zero-order chi connectivity index (χ0) is 18.2. The zero-order valence-electron chi connectivity index (χ0n) is 14.4. The van der Waals surface area contributed by atoms with E-state index in [-0.39, 0.29) is 12.6 Å². The van der Waals surface area contributed by atoms with E-state index >= 15 is 0 Å². The van der Waals surface area contributed by atoms with Gasteiger partial charge in [0.2, 0.25) is 5.95 Å². The van der Waals surface area contributed by atoms with Crippen LogP contribution in [0.4, 0.5) is 10.7 Å². The maximum atomic E-state index is 11.9. The summed E-state index contributed by atoms with van der Waals surface area (Å²) in [4.78, 5) is 45.1. The summed E-state index contributed by atoms with van der Waals surface area (Å²) in [7, 11) is 1.64. The van der Waals surface area contributed by atoms with Crippen LogP contribution in [0.3, 0.4) is 0 Å². The van der Waals surface area contributed by atoms with Gasteiger partial charge in [-0.1, -0.05) is 12.8 Å². The number of carbonyl (C=O) groups is 3. The number of esters is 1. The highest BCUT2D eigenvalue weighted by atomic mass is 16.5. The van der Waals surface area contributed by atoms with E-state index in [9.17, 15) is 14.4 Å². The molecule has 136 valence electrons. The third-order valence-corrected chi connectivity index (χ3v) is 3.86. The average molecular weight is 349 g/mol. The minimum Gasteiger partial charge on any atom is -0.451 e. The summed E-state index contributed by atoms with van der Waals surface area (Å²) in [5.41, 5.74) is 0. The molecule has 1 unspecified atom stereocenters. The Morgan fingerprint density at radius 1 is 1.28 bits per heavy atom. The van der Waals surface area contributed by atoms with Crippen molar-refractivity contribution in [3.05, 3.63) is 18.5 Å². The fourth-order valence-corrected chi connectivity index (χ4v) is 2.55. The smallest absolute Gasteiger partial charge is 0.326 e. The highest BCUT2D eigenvalue weighted by Crippen LogP contribution is 2.17. The Bertz CT molecular complexity index is 604. The number of aromatic nitrogens is 2. The normalized spacial score (nSPS) is 15.3. The van der Waals surface area contributed by atoms with Crippen LogP contribution in [-0.2, 0) is 14.3 Å². The average Bonchev–Trinajstić information content (AvgIpc) is 3.08. The summed E-state index contributed by atoms with van der Waals surface area (Å²) in [5, 5.41) is 4.93. The number of anilines is 1. The molecule has 0 saturated heterocycles. The molecule has 1 fully saturated rings. The monoisotopic (exact) mass is 349 g/mol. The molecule has 25 heavy (non-hydrogen) atoms. The van der Waals surface area contributed by atoms with Crippen LogP contribution >= 0.6 is 0 Å². The lowest BCUT2D eigenvalue weighted by Crippen LogP contribution is -2.47. The van der Waals surface area contributed by atoms with E-state index in [4.69, 9.17) is 4.74 Å². The number of hydrogen-bond donors (Lipinski definition) is 2. The number of nitrogens with zero attached hydrogens (tertiary/aromatic N) is 3. The molecule has 0 bridgehead atoms. The molecule has 0 radical (unpaired) electrons. The summed E-state index contributed by atoms with van der Waals surface area (Å²) in [6.07, 6.45) is 6.02. The summed E-state index contributed by atoms with van der Waals surface area (Å²) in [6.45, 7) is 1.30. The molecule has 1 aromatic heterocycles. The molecular weight excluding hydrogens is 326 g/mol. The molecule has 0 aromatic carbocycles. The van der Waals surface area contributed by atoms with E-state index in [2.05, 4.69) is 20.6 Å². The van der Waals surface area contributed by atoms with Crippen LogP contribution in [0.15, 0.2) is 18.5 Å². The highest BCUT2D eigenvalue weighted by molar-refractivity contribution is 5.97. The van der Waals surface area contributed by atoms with Gasteiger partial charge in [-0.2, -0.15) is 0 Å². The first kappa shape index (κ1) is 18.6. The van der Waals surface area contributed by atoms with Gasteiger partial charge < -0.3 is 15.0 Å². The van der Waals surface area contributed by atoms with Crippen molar-refractivity contribution in [1.82, 2.24) is 20.6 Å². The molecule has 0 aliphatic heterocycles. The second-order valence-electron chi connectivity index (χ2n) is 5.98. The lowest BCUT2D eigenvalue weighted by molar-refractivity contribution is -0.153. The third-order valence-electron chi connectivity index (χ3n) is 3.86. The third kappa shape index (κ3) is 6.02. The molecule has 2 rings (SSSR count). The van der Waals surface area contributed by atoms with Gasteiger partial charge in [0.1, 0.15) is 6.54 Å². The number of rotatable bonds is 6. The molecule has 3 amide bonds. The summed E-state index contributed by atoms with van der Waals surface area (Å²) in [6, 6.07) is 1.21. The molecule has 1 heterocycles. The van der Waals surface area contributed by atoms with Gasteiger partial charge in [-0.3, -0.25) is 14.9 Å². The van der Waals surface area contributed by atoms with Gasteiger partial charge in [0.15, 0.2) is 6.10 Å². The van der Waals surface area contributed by atoms with Crippen LogP contribution in [-0.4, -0.2) is 53.6 Å². The minimum absolute atomic E-state index is 0.102. The number of amides is 3. The molecular formula is C16H23N5O4. The standard InChI is InChI=1S/C16H23N5O4/c1-11(14(23)20-16(24)19-12-6-3-4-7-12)25-13(22)10-21(2)15-17-8-5-9-18-15/h5,8-9,11-12H,3-4,6-7,10H2,1-2H3,(H2,19,20,23,24). The molecule has 1 aliphatic carbocycles. The maximum absolute atomic E-state index is 11.9. The van der Waals surface area contributed by atoms with Crippen molar-refractivity contribution in [1.29, 1.82) is 0 Å². The van der Waals surface area contributed by atoms with Gasteiger partial charge in [0.05, 0.1) is 0 Å².